The van der Waals surface area contributed by atoms with Crippen LogP contribution in [0.15, 0.2) is 12.3 Å². The van der Waals surface area contributed by atoms with E-state index in [2.05, 4.69) is 10.3 Å². The van der Waals surface area contributed by atoms with Crippen LogP contribution in [0.4, 0.5) is 11.5 Å². The largest absolute Gasteiger partial charge is 0.357 e. The van der Waals surface area contributed by atoms with E-state index in [1.807, 2.05) is 24.9 Å². The number of aryl methyl sites for hydroxylation is 1. The Morgan fingerprint density at radius 3 is 3.14 bits per heavy atom. The molecule has 0 aliphatic carbocycles. The molecule has 2 rings (SSSR count). The van der Waals surface area contributed by atoms with Crippen LogP contribution in [0.25, 0.3) is 0 Å². The number of anilines is 2. The second-order valence-corrected chi connectivity index (χ2v) is 3.55. The molecule has 0 saturated carbocycles. The summed E-state index contributed by atoms with van der Waals surface area (Å²) in [6.45, 7) is 2.69. The first-order chi connectivity index (χ1) is 6.68. The molecule has 1 aromatic heterocycles. The highest BCUT2D eigenvalue weighted by molar-refractivity contribution is 5.96. The van der Waals surface area contributed by atoms with Crippen molar-refractivity contribution in [2.75, 3.05) is 23.8 Å². The minimum Gasteiger partial charge on any atom is -0.357 e. The monoisotopic (exact) mass is 191 g/mol. The summed E-state index contributed by atoms with van der Waals surface area (Å²) in [7, 11) is 1.95. The Balaban J connectivity index is 2.52. The molecule has 2 heterocycles. The fourth-order valence-electron chi connectivity index (χ4n) is 1.56. The molecule has 0 fully saturated rings. The second kappa shape index (κ2) is 3.29. The first kappa shape index (κ1) is 8.99. The van der Waals surface area contributed by atoms with Gasteiger partial charge in [0.25, 0.3) is 0 Å². The quantitative estimate of drug-likeness (QED) is 0.669. The van der Waals surface area contributed by atoms with Gasteiger partial charge in [-0.25, -0.2) is 4.98 Å². The number of pyridine rings is 1. The Kier molecular flexibility index (Phi) is 2.11. The summed E-state index contributed by atoms with van der Waals surface area (Å²) in [4.78, 5) is 17.6. The van der Waals surface area contributed by atoms with Gasteiger partial charge in [-0.2, -0.15) is 0 Å². The molecule has 0 radical (unpaired) electrons. The van der Waals surface area contributed by atoms with Gasteiger partial charge in [-0.05, 0) is 18.6 Å². The number of amides is 1. The first-order valence-electron chi connectivity index (χ1n) is 4.65. The van der Waals surface area contributed by atoms with Crippen LogP contribution < -0.4 is 10.2 Å². The minimum absolute atomic E-state index is 0.0618. The molecule has 0 aromatic carbocycles. The number of hydrogen-bond acceptors (Lipinski definition) is 3. The Labute approximate surface area is 82.9 Å². The molecule has 1 aliphatic heterocycles. The molecular formula is C10H13N3O. The maximum absolute atomic E-state index is 11.4. The van der Waals surface area contributed by atoms with Crippen molar-refractivity contribution in [1.82, 2.24) is 4.98 Å². The van der Waals surface area contributed by atoms with E-state index in [-0.39, 0.29) is 5.91 Å². The molecule has 0 unspecified atom stereocenters. The minimum atomic E-state index is 0.0618. The van der Waals surface area contributed by atoms with E-state index in [0.717, 1.165) is 23.6 Å². The van der Waals surface area contributed by atoms with E-state index in [1.54, 1.807) is 6.20 Å². The van der Waals surface area contributed by atoms with Crippen molar-refractivity contribution >= 4 is 17.4 Å². The van der Waals surface area contributed by atoms with Crippen molar-refractivity contribution < 1.29 is 4.79 Å². The zero-order valence-electron chi connectivity index (χ0n) is 8.37. The number of nitrogens with one attached hydrogen (secondary N) is 1. The van der Waals surface area contributed by atoms with Crippen molar-refractivity contribution in [2.24, 2.45) is 0 Å². The van der Waals surface area contributed by atoms with Gasteiger partial charge in [0.1, 0.15) is 0 Å². The van der Waals surface area contributed by atoms with Gasteiger partial charge in [0.15, 0.2) is 5.82 Å². The Morgan fingerprint density at radius 2 is 2.36 bits per heavy atom. The van der Waals surface area contributed by atoms with E-state index < -0.39 is 0 Å². The number of carbonyl (C=O) groups excluding carboxylic acids is 1. The summed E-state index contributed by atoms with van der Waals surface area (Å²) < 4.78 is 0. The molecular weight excluding hydrogens is 178 g/mol. The average Bonchev–Trinajstić information content (AvgIpc) is 2.30. The third kappa shape index (κ3) is 1.43. The SMILES string of the molecule is Cc1ccnc2c1NC(=O)CCN2C. The van der Waals surface area contributed by atoms with Crippen LogP contribution in [-0.4, -0.2) is 24.5 Å². The van der Waals surface area contributed by atoms with Crippen LogP contribution in [0.5, 0.6) is 0 Å². The van der Waals surface area contributed by atoms with Gasteiger partial charge in [-0.1, -0.05) is 0 Å². The fourth-order valence-corrected chi connectivity index (χ4v) is 1.56. The molecule has 1 aliphatic rings. The number of nitrogens with zero attached hydrogens (tertiary/aromatic N) is 2. The third-order valence-corrected chi connectivity index (χ3v) is 2.44. The summed E-state index contributed by atoms with van der Waals surface area (Å²) in [5, 5.41) is 2.88. The normalized spacial score (nSPS) is 15.9. The predicted molar refractivity (Wildman–Crippen MR) is 55.5 cm³/mol. The van der Waals surface area contributed by atoms with Crippen LogP contribution in [0.3, 0.4) is 0 Å². The highest BCUT2D eigenvalue weighted by Gasteiger charge is 2.18. The van der Waals surface area contributed by atoms with Crippen molar-refractivity contribution in [2.45, 2.75) is 13.3 Å². The lowest BCUT2D eigenvalue weighted by molar-refractivity contribution is -0.115. The Bertz CT molecular complexity index is 376. The smallest absolute Gasteiger partial charge is 0.226 e. The number of hydrogen-bond donors (Lipinski definition) is 1. The maximum Gasteiger partial charge on any atom is 0.226 e. The van der Waals surface area contributed by atoms with Gasteiger partial charge in [0.05, 0.1) is 5.69 Å². The average molecular weight is 191 g/mol. The topological polar surface area (TPSA) is 45.2 Å². The van der Waals surface area contributed by atoms with E-state index in [9.17, 15) is 4.79 Å². The fraction of sp³-hybridized carbons (Fsp3) is 0.400. The zero-order chi connectivity index (χ0) is 10.1. The summed E-state index contributed by atoms with van der Waals surface area (Å²) in [6, 6.07) is 1.90. The van der Waals surface area contributed by atoms with Gasteiger partial charge in [0.2, 0.25) is 5.91 Å². The highest BCUT2D eigenvalue weighted by atomic mass is 16.1. The van der Waals surface area contributed by atoms with Gasteiger partial charge in [0, 0.05) is 26.2 Å². The molecule has 0 spiro atoms. The lowest BCUT2D eigenvalue weighted by atomic mass is 10.2. The molecule has 74 valence electrons. The van der Waals surface area contributed by atoms with E-state index in [0.29, 0.717) is 6.42 Å². The van der Waals surface area contributed by atoms with Gasteiger partial charge >= 0.3 is 0 Å². The summed E-state index contributed by atoms with van der Waals surface area (Å²) in [5.41, 5.74) is 1.90. The molecule has 1 amide bonds. The molecule has 0 atom stereocenters. The summed E-state index contributed by atoms with van der Waals surface area (Å²) >= 11 is 0. The zero-order valence-corrected chi connectivity index (χ0v) is 8.37. The Hall–Kier alpha value is -1.58. The summed E-state index contributed by atoms with van der Waals surface area (Å²) in [5.74, 6) is 0.919. The third-order valence-electron chi connectivity index (χ3n) is 2.44. The van der Waals surface area contributed by atoms with E-state index >= 15 is 0 Å². The van der Waals surface area contributed by atoms with Crippen LogP contribution in [-0.2, 0) is 4.79 Å². The van der Waals surface area contributed by atoms with Crippen molar-refractivity contribution in [3.8, 4) is 0 Å². The van der Waals surface area contributed by atoms with Gasteiger partial charge in [-0.3, -0.25) is 4.79 Å². The molecule has 4 nitrogen and oxygen atoms in total. The first-order valence-corrected chi connectivity index (χ1v) is 4.65. The maximum atomic E-state index is 11.4. The van der Waals surface area contributed by atoms with Crippen LogP contribution in [0.2, 0.25) is 0 Å². The van der Waals surface area contributed by atoms with E-state index in [1.165, 1.54) is 0 Å². The standard InChI is InChI=1S/C10H13N3O/c1-7-3-5-11-10-9(7)12-8(14)4-6-13(10)2/h3,5H,4,6H2,1-2H3,(H,12,14). The van der Waals surface area contributed by atoms with Crippen LogP contribution in [0, 0.1) is 6.92 Å². The number of rotatable bonds is 0. The van der Waals surface area contributed by atoms with Crippen LogP contribution >= 0.6 is 0 Å². The molecule has 1 N–H and O–H groups in total. The van der Waals surface area contributed by atoms with Crippen molar-refractivity contribution in [3.05, 3.63) is 17.8 Å². The van der Waals surface area contributed by atoms with Crippen molar-refractivity contribution in [1.29, 1.82) is 0 Å². The van der Waals surface area contributed by atoms with Crippen LogP contribution in [0.1, 0.15) is 12.0 Å². The predicted octanol–water partition coefficient (Wildman–Crippen LogP) is 1.17. The lowest BCUT2D eigenvalue weighted by Crippen LogP contribution is -2.19. The molecule has 14 heavy (non-hydrogen) atoms. The van der Waals surface area contributed by atoms with E-state index in [4.69, 9.17) is 0 Å². The number of carbonyl (C=O) groups is 1. The van der Waals surface area contributed by atoms with Crippen molar-refractivity contribution in [3.63, 3.8) is 0 Å². The molecule has 0 bridgehead atoms. The Morgan fingerprint density at radius 1 is 1.57 bits per heavy atom. The summed E-state index contributed by atoms with van der Waals surface area (Å²) in [6.07, 6.45) is 2.29. The van der Waals surface area contributed by atoms with Gasteiger partial charge in [-0.15, -0.1) is 0 Å². The molecule has 4 heteroatoms. The van der Waals surface area contributed by atoms with Gasteiger partial charge < -0.3 is 10.2 Å². The second-order valence-electron chi connectivity index (χ2n) is 3.55. The highest BCUT2D eigenvalue weighted by Crippen LogP contribution is 2.27. The molecule has 1 aromatic rings. The number of aromatic nitrogens is 1. The lowest BCUT2D eigenvalue weighted by Gasteiger charge is -2.17. The molecule has 0 saturated heterocycles. The number of fused-ring (bicyclic) bond motifs is 1.